The molecule has 1 aliphatic rings. The molecule has 43 heavy (non-hydrogen) atoms. The Morgan fingerprint density at radius 2 is 0.977 bits per heavy atom. The van der Waals surface area contributed by atoms with Crippen molar-refractivity contribution in [3.63, 3.8) is 0 Å². The van der Waals surface area contributed by atoms with Gasteiger partial charge in [-0.05, 0) is 22.3 Å². The highest BCUT2D eigenvalue weighted by Gasteiger charge is 2.49. The van der Waals surface area contributed by atoms with E-state index in [4.69, 9.17) is 23.7 Å². The van der Waals surface area contributed by atoms with Gasteiger partial charge in [0.05, 0.1) is 33.0 Å². The van der Waals surface area contributed by atoms with Crippen molar-refractivity contribution < 1.29 is 28.5 Å². The van der Waals surface area contributed by atoms with Gasteiger partial charge in [0, 0.05) is 6.92 Å². The predicted octanol–water partition coefficient (Wildman–Crippen LogP) is 6.96. The monoisotopic (exact) mass is 598 g/mol. The molecule has 5 rings (SSSR count). The summed E-state index contributed by atoms with van der Waals surface area (Å²) >= 11 is 1.12. The minimum atomic E-state index is -0.608. The van der Waals surface area contributed by atoms with Crippen molar-refractivity contribution in [2.24, 2.45) is 0 Å². The normalized spacial score (nSPS) is 21.8. The first-order valence-electron chi connectivity index (χ1n) is 14.6. The Hall–Kier alpha value is -3.30. The van der Waals surface area contributed by atoms with E-state index in [9.17, 15) is 4.79 Å². The van der Waals surface area contributed by atoms with Gasteiger partial charge in [0.2, 0.25) is 0 Å². The number of carbonyl (C=O) groups excluding carboxylic acids is 1. The van der Waals surface area contributed by atoms with Crippen LogP contribution in [0.1, 0.15) is 29.2 Å². The van der Waals surface area contributed by atoms with Crippen LogP contribution in [0.25, 0.3) is 0 Å². The zero-order valence-corrected chi connectivity index (χ0v) is 25.1. The van der Waals surface area contributed by atoms with Crippen LogP contribution in [0.3, 0.4) is 0 Å². The van der Waals surface area contributed by atoms with Gasteiger partial charge in [-0.2, -0.15) is 0 Å². The van der Waals surface area contributed by atoms with Crippen molar-refractivity contribution in [1.29, 1.82) is 0 Å². The van der Waals surface area contributed by atoms with Crippen molar-refractivity contribution in [2.75, 3.05) is 6.61 Å². The van der Waals surface area contributed by atoms with Gasteiger partial charge in [-0.25, -0.2) is 0 Å². The van der Waals surface area contributed by atoms with E-state index in [2.05, 4.69) is 0 Å². The van der Waals surface area contributed by atoms with Gasteiger partial charge >= 0.3 is 0 Å². The molecular formula is C36H38O6S. The first kappa shape index (κ1) is 31.1. The molecule has 0 bridgehead atoms. The lowest BCUT2D eigenvalue weighted by molar-refractivity contribution is -0.254. The van der Waals surface area contributed by atoms with Crippen molar-refractivity contribution >= 4 is 16.9 Å². The van der Waals surface area contributed by atoms with E-state index in [1.54, 1.807) is 6.92 Å². The summed E-state index contributed by atoms with van der Waals surface area (Å²) in [6.07, 6.45) is -2.14. The van der Waals surface area contributed by atoms with E-state index < -0.39 is 29.9 Å². The van der Waals surface area contributed by atoms with Crippen LogP contribution in [0.2, 0.25) is 0 Å². The highest BCUT2D eigenvalue weighted by Crippen LogP contribution is 2.35. The number of thioether (sulfide) groups is 1. The van der Waals surface area contributed by atoms with Crippen LogP contribution in [-0.2, 0) is 54.9 Å². The van der Waals surface area contributed by atoms with E-state index in [0.717, 1.165) is 34.0 Å². The Bertz CT molecular complexity index is 1360. The maximum atomic E-state index is 12.4. The van der Waals surface area contributed by atoms with E-state index >= 15 is 0 Å². The second-order valence-electron chi connectivity index (χ2n) is 10.4. The van der Waals surface area contributed by atoms with Crippen LogP contribution >= 0.6 is 11.8 Å². The molecule has 0 amide bonds. The Balaban J connectivity index is 1.42. The SMILES string of the molecule is CC(=O)S[C@@H]1O[C@H](COCc2ccccc2)[C@@H](OCc2ccccc2)[C@H](OCc2ccccc2)[C@H]1OCc1ccccc1. The van der Waals surface area contributed by atoms with Crippen LogP contribution in [0.4, 0.5) is 0 Å². The Kier molecular flexibility index (Phi) is 12.0. The van der Waals surface area contributed by atoms with Crippen LogP contribution in [0.5, 0.6) is 0 Å². The number of hydrogen-bond donors (Lipinski definition) is 0. The van der Waals surface area contributed by atoms with E-state index in [-0.39, 0.29) is 11.7 Å². The minimum absolute atomic E-state index is 0.0623. The molecule has 5 atom stereocenters. The smallest absolute Gasteiger partial charge is 0.188 e. The van der Waals surface area contributed by atoms with Gasteiger partial charge in [0.25, 0.3) is 0 Å². The molecule has 6 nitrogen and oxygen atoms in total. The van der Waals surface area contributed by atoms with Crippen LogP contribution < -0.4 is 0 Å². The number of rotatable bonds is 14. The number of hydrogen-bond acceptors (Lipinski definition) is 7. The molecule has 0 saturated carbocycles. The average molecular weight is 599 g/mol. The molecular weight excluding hydrogens is 560 g/mol. The third-order valence-electron chi connectivity index (χ3n) is 7.12. The molecule has 0 N–H and O–H groups in total. The molecule has 4 aromatic rings. The highest BCUT2D eigenvalue weighted by molar-refractivity contribution is 8.14. The quantitative estimate of drug-likeness (QED) is 0.155. The molecule has 0 unspecified atom stereocenters. The molecule has 0 radical (unpaired) electrons. The second-order valence-corrected chi connectivity index (χ2v) is 11.7. The first-order valence-corrected chi connectivity index (χ1v) is 15.4. The number of carbonyl (C=O) groups is 1. The minimum Gasteiger partial charge on any atom is -0.374 e. The summed E-state index contributed by atoms with van der Waals surface area (Å²) < 4.78 is 32.6. The summed E-state index contributed by atoms with van der Waals surface area (Å²) in [6, 6.07) is 40.0. The summed E-state index contributed by atoms with van der Waals surface area (Å²) in [7, 11) is 0. The van der Waals surface area contributed by atoms with Crippen LogP contribution in [0.15, 0.2) is 121 Å². The molecule has 7 heteroatoms. The fraction of sp³-hybridized carbons (Fsp3) is 0.306. The summed E-state index contributed by atoms with van der Waals surface area (Å²) in [5.41, 5.74) is 3.55. The molecule has 4 aromatic carbocycles. The molecule has 1 saturated heterocycles. The Morgan fingerprint density at radius 3 is 1.42 bits per heavy atom. The van der Waals surface area contributed by atoms with E-state index in [1.165, 1.54) is 0 Å². The van der Waals surface area contributed by atoms with Crippen molar-refractivity contribution in [3.8, 4) is 0 Å². The standard InChI is InChI=1S/C36H38O6S/c1-27(37)43-36-35(41-25-31-20-12-5-13-21-31)34(40-24-30-18-10-4-11-19-30)33(39-23-29-16-8-3-9-17-29)32(42-36)26-38-22-28-14-6-2-7-15-28/h2-21,32-36H,22-26H2,1H3/t32-,33-,34+,35-,36+/m1/s1. The molecule has 1 fully saturated rings. The molecule has 0 aromatic heterocycles. The van der Waals surface area contributed by atoms with Gasteiger partial charge in [0.1, 0.15) is 29.9 Å². The number of ether oxygens (including phenoxy) is 5. The third-order valence-corrected chi connectivity index (χ3v) is 8.07. The Labute approximate surface area is 258 Å². The predicted molar refractivity (Wildman–Crippen MR) is 168 cm³/mol. The molecule has 1 aliphatic heterocycles. The zero-order valence-electron chi connectivity index (χ0n) is 24.3. The van der Waals surface area contributed by atoms with Gasteiger partial charge in [-0.3, -0.25) is 4.79 Å². The van der Waals surface area contributed by atoms with Crippen molar-refractivity contribution in [2.45, 2.75) is 63.2 Å². The largest absolute Gasteiger partial charge is 0.374 e. The number of benzene rings is 4. The average Bonchev–Trinajstić information content (AvgIpc) is 3.04. The van der Waals surface area contributed by atoms with Crippen molar-refractivity contribution in [1.82, 2.24) is 0 Å². The van der Waals surface area contributed by atoms with Crippen LogP contribution in [0, 0.1) is 0 Å². The topological polar surface area (TPSA) is 63.2 Å². The van der Waals surface area contributed by atoms with Crippen molar-refractivity contribution in [3.05, 3.63) is 144 Å². The lowest BCUT2D eigenvalue weighted by atomic mass is 9.98. The summed E-state index contributed by atoms with van der Waals surface area (Å²) in [4.78, 5) is 12.4. The van der Waals surface area contributed by atoms with Gasteiger partial charge in [-0.15, -0.1) is 0 Å². The van der Waals surface area contributed by atoms with Crippen LogP contribution in [-0.4, -0.2) is 41.6 Å². The molecule has 0 aliphatic carbocycles. The highest BCUT2D eigenvalue weighted by atomic mass is 32.2. The lowest BCUT2D eigenvalue weighted by Gasteiger charge is -2.45. The van der Waals surface area contributed by atoms with Gasteiger partial charge in [0.15, 0.2) is 5.12 Å². The molecule has 1 heterocycles. The van der Waals surface area contributed by atoms with E-state index in [1.807, 2.05) is 121 Å². The third kappa shape index (κ3) is 9.60. The summed E-state index contributed by atoms with van der Waals surface area (Å²) in [5.74, 6) is 0. The summed E-state index contributed by atoms with van der Waals surface area (Å²) in [5, 5.41) is -0.0623. The fourth-order valence-corrected chi connectivity index (χ4v) is 5.90. The summed E-state index contributed by atoms with van der Waals surface area (Å²) in [6.45, 7) is 3.30. The Morgan fingerprint density at radius 1 is 0.581 bits per heavy atom. The fourth-order valence-electron chi connectivity index (χ4n) is 5.01. The maximum Gasteiger partial charge on any atom is 0.188 e. The van der Waals surface area contributed by atoms with Gasteiger partial charge in [-0.1, -0.05) is 133 Å². The zero-order chi connectivity index (χ0) is 29.7. The van der Waals surface area contributed by atoms with Gasteiger partial charge < -0.3 is 23.7 Å². The molecule has 224 valence electrons. The molecule has 0 spiro atoms. The maximum absolute atomic E-state index is 12.4. The lowest BCUT2D eigenvalue weighted by Crippen LogP contribution is -2.60. The first-order chi connectivity index (χ1) is 21.2. The second kappa shape index (κ2) is 16.5. The van der Waals surface area contributed by atoms with E-state index in [0.29, 0.717) is 26.4 Å².